The summed E-state index contributed by atoms with van der Waals surface area (Å²) < 4.78 is 27.6. The number of amides is 7. The first-order valence-electron chi connectivity index (χ1n) is 23.0. The van der Waals surface area contributed by atoms with Crippen LogP contribution in [0.3, 0.4) is 0 Å². The number of fused-ring (bicyclic) bond motifs is 2. The van der Waals surface area contributed by atoms with Crippen LogP contribution in [0.1, 0.15) is 83.2 Å². The fraction of sp³-hybridized carbons (Fsp3) is 0.447. The van der Waals surface area contributed by atoms with Gasteiger partial charge in [0, 0.05) is 44.2 Å². The molecule has 8 N–H and O–H groups in total. The maximum absolute atomic E-state index is 13.3. The van der Waals surface area contributed by atoms with Crippen LogP contribution in [0.4, 0.5) is 17.5 Å². The first kappa shape index (κ1) is 53.5. The van der Waals surface area contributed by atoms with Crippen LogP contribution in [0.15, 0.2) is 48.7 Å². The van der Waals surface area contributed by atoms with E-state index < -0.39 is 65.7 Å². The van der Waals surface area contributed by atoms with Crippen LogP contribution in [0.5, 0.6) is 5.75 Å². The van der Waals surface area contributed by atoms with Crippen molar-refractivity contribution in [1.29, 1.82) is 0 Å². The van der Waals surface area contributed by atoms with Crippen LogP contribution >= 0.6 is 0 Å². The molecule has 2 aromatic carbocycles. The summed E-state index contributed by atoms with van der Waals surface area (Å²) in [5, 5.41) is 10.2. The fourth-order valence-corrected chi connectivity index (χ4v) is 7.35. The van der Waals surface area contributed by atoms with Crippen molar-refractivity contribution in [3.05, 3.63) is 71.0 Å². The minimum Gasteiger partial charge on any atom is -0.483 e. The predicted molar refractivity (Wildman–Crippen MR) is 256 cm³/mol. The Morgan fingerprint density at radius 3 is 2.19 bits per heavy atom. The molecule has 25 heteroatoms. The molecule has 72 heavy (non-hydrogen) atoms. The van der Waals surface area contributed by atoms with E-state index in [1.54, 1.807) is 51.2 Å². The molecule has 0 bridgehead atoms. The van der Waals surface area contributed by atoms with E-state index in [4.69, 9.17) is 35.2 Å². The lowest BCUT2D eigenvalue weighted by atomic mass is 10.0. The molecule has 0 aliphatic carbocycles. The Kier molecular flexibility index (Phi) is 18.4. The van der Waals surface area contributed by atoms with Gasteiger partial charge in [0.15, 0.2) is 23.6 Å². The van der Waals surface area contributed by atoms with Crippen LogP contribution < -0.4 is 42.4 Å². The number of nitrogens with one attached hydrogen (secondary N) is 4. The first-order chi connectivity index (χ1) is 34.4. The highest BCUT2D eigenvalue weighted by atomic mass is 16.6. The molecule has 4 heterocycles. The second-order valence-electron chi connectivity index (χ2n) is 17.5. The second kappa shape index (κ2) is 24.8. The van der Waals surface area contributed by atoms with E-state index in [1.807, 2.05) is 11.9 Å². The van der Waals surface area contributed by atoms with Crippen molar-refractivity contribution < 1.29 is 62.0 Å². The van der Waals surface area contributed by atoms with Gasteiger partial charge < -0.3 is 56.0 Å². The largest absolute Gasteiger partial charge is 0.483 e. The number of rotatable bonds is 25. The molecule has 2 aliphatic rings. The zero-order valence-electron chi connectivity index (χ0n) is 40.3. The molecular formula is C47H58N12O13. The molecule has 7 amide bonds. The predicted octanol–water partition coefficient (Wildman–Crippen LogP) is 0.203. The van der Waals surface area contributed by atoms with Crippen molar-refractivity contribution in [3.63, 3.8) is 0 Å². The van der Waals surface area contributed by atoms with Gasteiger partial charge in [0.1, 0.15) is 23.4 Å². The SMILES string of the molecule is CN(Cc1cnc2nc(N)nc(N)c2n1)c1ccc(C(=O)N[C@@H](CCC(=O)NCCOCCOCCOCCNC(=O)COc2cccc3c2C(=O)N(C2CCC(=O)NC2=O)C3=O)C(=O)OC(C)(C)C)cc1. The number of hydrogen-bond acceptors (Lipinski definition) is 20. The Morgan fingerprint density at radius 1 is 0.861 bits per heavy atom. The van der Waals surface area contributed by atoms with Gasteiger partial charge in [0.25, 0.3) is 23.6 Å². The Hall–Kier alpha value is -7.90. The minimum atomic E-state index is -1.13. The molecule has 0 spiro atoms. The van der Waals surface area contributed by atoms with Gasteiger partial charge in [-0.05, 0) is 70.0 Å². The summed E-state index contributed by atoms with van der Waals surface area (Å²) in [6, 6.07) is 8.85. The maximum Gasteiger partial charge on any atom is 0.329 e. The Balaban J connectivity index is 0.810. The third kappa shape index (κ3) is 14.8. The standard InChI is InChI=1S/C47H58N12O13/c1-47(2,3)72-45(67)31(54-41(63)27-8-10-29(11-9-27)58(4)25-28-24-52-40-38(53-28)39(48)56-46(49)57-40)12-14-34(60)50-16-18-68-20-22-70-23-21-69-19-17-51-36(62)26-71-33-7-5-6-30-37(33)44(66)59(43(30)65)32-13-15-35(61)55-42(32)64/h5-11,24,31-32H,12-23,25-26H2,1-4H3,(H,50,60)(H,51,62)(H,54,63)(H,55,61,64)(H4,48,49,52,56,57)/t31-,32?/m0/s1. The second-order valence-corrected chi connectivity index (χ2v) is 17.5. The van der Waals surface area contributed by atoms with Gasteiger partial charge in [-0.3, -0.25) is 43.8 Å². The zero-order chi connectivity index (χ0) is 52.0. The molecule has 384 valence electrons. The van der Waals surface area contributed by atoms with Crippen molar-refractivity contribution in [2.24, 2.45) is 0 Å². The van der Waals surface area contributed by atoms with Crippen LogP contribution in [0.2, 0.25) is 0 Å². The van der Waals surface area contributed by atoms with E-state index in [2.05, 4.69) is 41.2 Å². The van der Waals surface area contributed by atoms with Crippen molar-refractivity contribution in [2.75, 3.05) is 82.8 Å². The summed E-state index contributed by atoms with van der Waals surface area (Å²) in [4.78, 5) is 121. The van der Waals surface area contributed by atoms with Gasteiger partial charge in [-0.1, -0.05) is 6.07 Å². The van der Waals surface area contributed by atoms with Crippen LogP contribution in [0.25, 0.3) is 11.2 Å². The number of imide groups is 2. The number of ether oxygens (including phenoxy) is 5. The number of benzene rings is 2. The molecular weight excluding hydrogens is 941 g/mol. The highest BCUT2D eigenvalue weighted by molar-refractivity contribution is 6.24. The fourth-order valence-electron chi connectivity index (χ4n) is 7.35. The lowest BCUT2D eigenvalue weighted by Gasteiger charge is -2.27. The average molecular weight is 999 g/mol. The topological polar surface area (TPSA) is 341 Å². The molecule has 2 aromatic heterocycles. The number of hydrogen-bond donors (Lipinski definition) is 6. The Morgan fingerprint density at radius 2 is 1.53 bits per heavy atom. The van der Waals surface area contributed by atoms with E-state index in [0.717, 1.165) is 10.6 Å². The van der Waals surface area contributed by atoms with Gasteiger partial charge in [-0.25, -0.2) is 14.8 Å². The molecule has 1 saturated heterocycles. The number of nitrogens with two attached hydrogens (primary N) is 2. The number of nitrogen functional groups attached to an aromatic ring is 2. The molecule has 2 atom stereocenters. The highest BCUT2D eigenvalue weighted by Gasteiger charge is 2.46. The smallest absolute Gasteiger partial charge is 0.329 e. The van der Waals surface area contributed by atoms with Gasteiger partial charge in [-0.15, -0.1) is 0 Å². The molecule has 1 fully saturated rings. The third-order valence-corrected chi connectivity index (χ3v) is 10.8. The number of esters is 1. The first-order valence-corrected chi connectivity index (χ1v) is 23.0. The summed E-state index contributed by atoms with van der Waals surface area (Å²) >= 11 is 0. The minimum absolute atomic E-state index is 0.00232. The van der Waals surface area contributed by atoms with E-state index in [1.165, 1.54) is 18.2 Å². The lowest BCUT2D eigenvalue weighted by molar-refractivity contribution is -0.157. The van der Waals surface area contributed by atoms with Crippen molar-refractivity contribution in [3.8, 4) is 5.75 Å². The van der Waals surface area contributed by atoms with Crippen LogP contribution in [0, 0.1) is 0 Å². The number of carbonyl (C=O) groups is 8. The lowest BCUT2D eigenvalue weighted by Crippen LogP contribution is -2.54. The summed E-state index contributed by atoms with van der Waals surface area (Å²) in [6.45, 7) is 6.74. The Bertz CT molecular complexity index is 2660. The van der Waals surface area contributed by atoms with E-state index in [9.17, 15) is 38.4 Å². The summed E-state index contributed by atoms with van der Waals surface area (Å²) in [6.07, 6.45) is 1.47. The summed E-state index contributed by atoms with van der Waals surface area (Å²) in [5.74, 6) is -4.56. The molecule has 6 rings (SSSR count). The summed E-state index contributed by atoms with van der Waals surface area (Å²) in [5.41, 5.74) is 13.0. The zero-order valence-corrected chi connectivity index (χ0v) is 40.3. The molecule has 2 aliphatic heterocycles. The van der Waals surface area contributed by atoms with E-state index in [-0.39, 0.29) is 124 Å². The molecule has 0 saturated carbocycles. The van der Waals surface area contributed by atoms with Gasteiger partial charge in [-0.2, -0.15) is 9.97 Å². The molecule has 1 unspecified atom stereocenters. The monoisotopic (exact) mass is 998 g/mol. The van der Waals surface area contributed by atoms with Gasteiger partial charge >= 0.3 is 5.97 Å². The Labute approximate surface area is 413 Å². The molecule has 25 nitrogen and oxygen atoms in total. The number of carbonyl (C=O) groups excluding carboxylic acids is 8. The quantitative estimate of drug-likeness (QED) is 0.0293. The average Bonchev–Trinajstić information content (AvgIpc) is 3.59. The number of nitrogens with zero attached hydrogens (tertiary/aromatic N) is 6. The number of piperidine rings is 1. The van der Waals surface area contributed by atoms with Crippen molar-refractivity contribution >= 4 is 75.9 Å². The highest BCUT2D eigenvalue weighted by Crippen LogP contribution is 2.33. The maximum atomic E-state index is 13.3. The van der Waals surface area contributed by atoms with Gasteiger partial charge in [0.2, 0.25) is 23.7 Å². The van der Waals surface area contributed by atoms with Crippen LogP contribution in [-0.2, 0) is 49.5 Å². The summed E-state index contributed by atoms with van der Waals surface area (Å²) in [7, 11) is 1.84. The number of aromatic nitrogens is 4. The third-order valence-electron chi connectivity index (χ3n) is 10.8. The van der Waals surface area contributed by atoms with Crippen LogP contribution in [-0.4, -0.2) is 156 Å². The van der Waals surface area contributed by atoms with Gasteiger partial charge in [0.05, 0.1) is 69.2 Å². The van der Waals surface area contributed by atoms with E-state index >= 15 is 0 Å². The molecule has 4 aromatic rings. The van der Waals surface area contributed by atoms with E-state index in [0.29, 0.717) is 17.8 Å². The molecule has 0 radical (unpaired) electrons. The normalized spacial score (nSPS) is 14.9. The number of anilines is 3. The van der Waals surface area contributed by atoms with Crippen molar-refractivity contribution in [2.45, 2.75) is 70.7 Å². The van der Waals surface area contributed by atoms with Crippen molar-refractivity contribution in [1.82, 2.24) is 46.1 Å².